The minimum atomic E-state index is -1.11. The predicted molar refractivity (Wildman–Crippen MR) is 158 cm³/mol. The van der Waals surface area contributed by atoms with Crippen LogP contribution in [-0.4, -0.2) is 91.2 Å². The second kappa shape index (κ2) is 39.9. The van der Waals surface area contributed by atoms with Crippen LogP contribution in [0.1, 0.15) is 130 Å². The van der Waals surface area contributed by atoms with Gasteiger partial charge >= 0.3 is 23.9 Å². The molecule has 0 aromatic rings. The molecule has 41 heavy (non-hydrogen) atoms. The number of carboxylic acids is 4. The van der Waals surface area contributed by atoms with Crippen molar-refractivity contribution in [1.82, 2.24) is 0 Å². The highest BCUT2D eigenvalue weighted by Crippen LogP contribution is 2.11. The van der Waals surface area contributed by atoms with E-state index in [9.17, 15) is 19.2 Å². The summed E-state index contributed by atoms with van der Waals surface area (Å²) in [6, 6.07) is 0. The Labute approximate surface area is 246 Å². The van der Waals surface area contributed by atoms with Crippen molar-refractivity contribution in [3.8, 4) is 0 Å². The lowest BCUT2D eigenvalue weighted by molar-refractivity contribution is -0.138. The number of carbonyl (C=O) groups is 4. The minimum absolute atomic E-state index is 0.327. The van der Waals surface area contributed by atoms with Gasteiger partial charge in [0.05, 0.1) is 31.8 Å². The molecule has 8 N–H and O–H groups in total. The van der Waals surface area contributed by atoms with Gasteiger partial charge in [0.25, 0.3) is 0 Å². The Morgan fingerprint density at radius 2 is 0.561 bits per heavy atom. The Balaban J connectivity index is -0.000000132. The van der Waals surface area contributed by atoms with Crippen LogP contribution in [0.4, 0.5) is 0 Å². The summed E-state index contributed by atoms with van der Waals surface area (Å²) in [4.78, 5) is 39.5. The summed E-state index contributed by atoms with van der Waals surface area (Å²) in [5.41, 5.74) is -1.11. The molecule has 0 heterocycles. The van der Waals surface area contributed by atoms with Crippen LogP contribution in [0.25, 0.3) is 0 Å². The lowest BCUT2D eigenvalue weighted by atomic mass is 9.93. The largest absolute Gasteiger partial charge is 0.481 e. The topological polar surface area (TPSA) is 230 Å². The van der Waals surface area contributed by atoms with Gasteiger partial charge in [-0.3, -0.25) is 19.2 Å². The molecule has 0 aromatic heterocycles. The van der Waals surface area contributed by atoms with Gasteiger partial charge < -0.3 is 40.9 Å². The molecule has 0 aromatic carbocycles. The number of hydrogen-bond donors (Lipinski definition) is 8. The fourth-order valence-electron chi connectivity index (χ4n) is 2.40. The highest BCUT2D eigenvalue weighted by Gasteiger charge is 2.26. The van der Waals surface area contributed by atoms with Crippen LogP contribution < -0.4 is 0 Å². The van der Waals surface area contributed by atoms with Crippen LogP contribution in [0.15, 0.2) is 0 Å². The van der Waals surface area contributed by atoms with Crippen LogP contribution in [0, 0.1) is 5.41 Å². The molecule has 0 saturated heterocycles. The summed E-state index contributed by atoms with van der Waals surface area (Å²) in [6.07, 6.45) is 13.1. The lowest BCUT2D eigenvalue weighted by Crippen LogP contribution is -2.37. The fraction of sp³-hybridized carbons (Fsp3) is 0.862. The Hall–Kier alpha value is -2.28. The third kappa shape index (κ3) is 54.5. The Morgan fingerprint density at radius 1 is 0.390 bits per heavy atom. The molecule has 0 spiro atoms. The molecule has 0 aliphatic carbocycles. The van der Waals surface area contributed by atoms with Gasteiger partial charge in [-0.1, -0.05) is 79.1 Å². The van der Waals surface area contributed by atoms with Crippen molar-refractivity contribution >= 4 is 23.9 Å². The molecule has 0 aliphatic heterocycles. The molecule has 0 radical (unpaired) electrons. The molecule has 0 aliphatic rings. The maximum absolute atomic E-state index is 9.87. The van der Waals surface area contributed by atoms with E-state index in [1.54, 1.807) is 0 Å². The molecule has 0 amide bonds. The first-order valence-electron chi connectivity index (χ1n) is 14.6. The van der Waals surface area contributed by atoms with Crippen molar-refractivity contribution in [3.63, 3.8) is 0 Å². The molecule has 0 rings (SSSR count). The molecule has 12 heteroatoms. The second-order valence-corrected chi connectivity index (χ2v) is 9.54. The van der Waals surface area contributed by atoms with Gasteiger partial charge in [0.15, 0.2) is 0 Å². The van der Waals surface area contributed by atoms with Gasteiger partial charge in [0, 0.05) is 25.7 Å². The van der Waals surface area contributed by atoms with Crippen molar-refractivity contribution < 1.29 is 60.0 Å². The van der Waals surface area contributed by atoms with Crippen LogP contribution in [-0.2, 0) is 19.2 Å². The third-order valence-corrected chi connectivity index (χ3v) is 5.32. The number of aliphatic hydroxyl groups excluding tert-OH is 4. The van der Waals surface area contributed by atoms with Crippen molar-refractivity contribution in [2.45, 2.75) is 130 Å². The number of hydrogen-bond acceptors (Lipinski definition) is 8. The SMILES string of the molecule is CCCCCC(=O)O.CCCCCC(=O)O.CCCCCC(=O)O.CCCCCC(=O)O.OCC(CO)(CO)CO. The normalized spacial score (nSPS) is 9.76. The average Bonchev–Trinajstić information content (AvgIpc) is 2.92. The molecular formula is C29H60O12. The molecule has 0 unspecified atom stereocenters. The summed E-state index contributed by atoms with van der Waals surface area (Å²) in [5.74, 6) is -2.73. The highest BCUT2D eigenvalue weighted by molar-refractivity contribution is 5.67. The van der Waals surface area contributed by atoms with Crippen LogP contribution in [0.2, 0.25) is 0 Å². The minimum Gasteiger partial charge on any atom is -0.481 e. The zero-order chi connectivity index (χ0) is 33.0. The average molecular weight is 601 g/mol. The summed E-state index contributed by atoms with van der Waals surface area (Å²) >= 11 is 0. The molecule has 0 saturated carbocycles. The van der Waals surface area contributed by atoms with Crippen molar-refractivity contribution in [3.05, 3.63) is 0 Å². The zero-order valence-electron chi connectivity index (χ0n) is 25.9. The zero-order valence-corrected chi connectivity index (χ0v) is 25.9. The van der Waals surface area contributed by atoms with E-state index in [0.29, 0.717) is 25.7 Å². The summed E-state index contributed by atoms with van der Waals surface area (Å²) < 4.78 is 0. The van der Waals surface area contributed by atoms with E-state index in [4.69, 9.17) is 40.9 Å². The quantitative estimate of drug-likeness (QED) is 0.0900. The van der Waals surface area contributed by atoms with Gasteiger partial charge in [0.1, 0.15) is 0 Å². The highest BCUT2D eigenvalue weighted by atomic mass is 16.4. The van der Waals surface area contributed by atoms with Gasteiger partial charge in [-0.25, -0.2) is 0 Å². The lowest BCUT2D eigenvalue weighted by Gasteiger charge is -2.23. The first kappa shape index (κ1) is 48.5. The van der Waals surface area contributed by atoms with Crippen LogP contribution in [0.5, 0.6) is 0 Å². The first-order chi connectivity index (χ1) is 19.3. The molecule has 248 valence electrons. The van der Waals surface area contributed by atoms with E-state index in [2.05, 4.69) is 27.7 Å². The van der Waals surface area contributed by atoms with E-state index in [0.717, 1.165) is 77.0 Å². The van der Waals surface area contributed by atoms with Crippen LogP contribution >= 0.6 is 0 Å². The maximum Gasteiger partial charge on any atom is 0.303 e. The van der Waals surface area contributed by atoms with Gasteiger partial charge in [-0.05, 0) is 25.7 Å². The van der Waals surface area contributed by atoms with Gasteiger partial charge in [0.2, 0.25) is 0 Å². The number of carboxylic acid groups (broad SMARTS) is 4. The van der Waals surface area contributed by atoms with Crippen molar-refractivity contribution in [2.24, 2.45) is 5.41 Å². The Kier molecular flexibility index (Phi) is 47.1. The smallest absolute Gasteiger partial charge is 0.303 e. The first-order valence-corrected chi connectivity index (χ1v) is 14.6. The van der Waals surface area contributed by atoms with E-state index < -0.39 is 55.7 Å². The molecule has 0 bridgehead atoms. The number of unbranched alkanes of at least 4 members (excludes halogenated alkanes) is 8. The maximum atomic E-state index is 9.87. The van der Waals surface area contributed by atoms with Crippen LogP contribution in [0.3, 0.4) is 0 Å². The fourth-order valence-corrected chi connectivity index (χ4v) is 2.40. The number of rotatable bonds is 20. The summed E-state index contributed by atoms with van der Waals surface area (Å²) in [6.45, 7) is 6.60. The number of aliphatic hydroxyl groups is 4. The molecule has 0 fully saturated rings. The van der Waals surface area contributed by atoms with Gasteiger partial charge in [-0.15, -0.1) is 0 Å². The Bertz CT molecular complexity index is 481. The molecule has 12 nitrogen and oxygen atoms in total. The van der Waals surface area contributed by atoms with Crippen molar-refractivity contribution in [2.75, 3.05) is 26.4 Å². The van der Waals surface area contributed by atoms with E-state index in [1.807, 2.05) is 0 Å². The standard InChI is InChI=1S/4C6H12O2.C5H12O4/c4*1-2-3-4-5-6(7)8;6-1-5(2-7,3-8)4-9/h4*2-5H2,1H3,(H,7,8);6-9H,1-4H2. The van der Waals surface area contributed by atoms with Crippen molar-refractivity contribution in [1.29, 1.82) is 0 Å². The van der Waals surface area contributed by atoms with E-state index >= 15 is 0 Å². The summed E-state index contributed by atoms with van der Waals surface area (Å²) in [5, 5.41) is 66.5. The van der Waals surface area contributed by atoms with E-state index in [1.165, 1.54) is 0 Å². The van der Waals surface area contributed by atoms with Gasteiger partial charge in [-0.2, -0.15) is 0 Å². The van der Waals surface area contributed by atoms with E-state index in [-0.39, 0.29) is 0 Å². The third-order valence-electron chi connectivity index (χ3n) is 5.32. The molecular weight excluding hydrogens is 540 g/mol. The summed E-state index contributed by atoms with van der Waals surface area (Å²) in [7, 11) is 0. The Morgan fingerprint density at radius 3 is 0.634 bits per heavy atom. The monoisotopic (exact) mass is 600 g/mol. The second-order valence-electron chi connectivity index (χ2n) is 9.54. The predicted octanol–water partition coefficient (Wildman–Crippen LogP) is 4.55. The molecule has 0 atom stereocenters. The number of aliphatic carboxylic acids is 4.